The maximum atomic E-state index is 5.93. The molecule has 2 heteroatoms. The molecule has 0 aliphatic carbocycles. The molecule has 0 saturated carbocycles. The molecule has 0 rings (SSSR count). The molecule has 0 saturated heterocycles. The van der Waals surface area contributed by atoms with Crippen molar-refractivity contribution in [1.29, 1.82) is 0 Å². The van der Waals surface area contributed by atoms with E-state index in [4.69, 9.17) is 17.3 Å². The Hall–Kier alpha value is 0.250. The summed E-state index contributed by atoms with van der Waals surface area (Å²) in [6, 6.07) is 0.201. The Bertz CT molecular complexity index is 75.7. The molecule has 0 aromatic heterocycles. The van der Waals surface area contributed by atoms with Crippen LogP contribution < -0.4 is 5.73 Å². The molecule has 2 N–H and O–H groups in total. The van der Waals surface area contributed by atoms with E-state index in [-0.39, 0.29) is 11.4 Å². The summed E-state index contributed by atoms with van der Waals surface area (Å²) in [5.74, 6) is 0. The van der Waals surface area contributed by atoms with E-state index in [0.29, 0.717) is 0 Å². The topological polar surface area (TPSA) is 26.0 Å². The van der Waals surface area contributed by atoms with Crippen LogP contribution in [0.15, 0.2) is 0 Å². The second kappa shape index (κ2) is 5.99. The van der Waals surface area contributed by atoms with E-state index < -0.39 is 0 Å². The average molecular weight is 164 g/mol. The Morgan fingerprint density at radius 3 is 2.40 bits per heavy atom. The molecule has 2 atom stereocenters. The molecule has 1 nitrogen and oxygen atoms in total. The standard InChI is InChI=1S/C8H18ClN/c1-3-5-6-8(10)7(9)4-2/h7-8H,3-6,10H2,1-2H3. The van der Waals surface area contributed by atoms with Gasteiger partial charge in [0.05, 0.1) is 0 Å². The molecular formula is C8H18ClN. The van der Waals surface area contributed by atoms with Gasteiger partial charge >= 0.3 is 0 Å². The Morgan fingerprint density at radius 1 is 1.40 bits per heavy atom. The minimum absolute atomic E-state index is 0.173. The first-order valence-electron chi connectivity index (χ1n) is 4.12. The first-order valence-corrected chi connectivity index (χ1v) is 4.55. The van der Waals surface area contributed by atoms with Crippen LogP contribution in [-0.2, 0) is 0 Å². The van der Waals surface area contributed by atoms with Gasteiger partial charge in [-0.25, -0.2) is 0 Å². The zero-order chi connectivity index (χ0) is 7.98. The predicted octanol–water partition coefficient (Wildman–Crippen LogP) is 2.52. The summed E-state index contributed by atoms with van der Waals surface area (Å²) in [4.78, 5) is 0. The Kier molecular flexibility index (Phi) is 6.14. The Morgan fingerprint density at radius 2 is 2.00 bits per heavy atom. The van der Waals surface area contributed by atoms with Gasteiger partial charge in [-0.3, -0.25) is 0 Å². The van der Waals surface area contributed by atoms with Gasteiger partial charge in [0, 0.05) is 11.4 Å². The lowest BCUT2D eigenvalue weighted by atomic mass is 10.1. The van der Waals surface area contributed by atoms with Crippen molar-refractivity contribution in [2.24, 2.45) is 5.73 Å². The van der Waals surface area contributed by atoms with Crippen molar-refractivity contribution in [2.45, 2.75) is 50.9 Å². The van der Waals surface area contributed by atoms with Gasteiger partial charge in [-0.15, -0.1) is 11.6 Å². The van der Waals surface area contributed by atoms with Gasteiger partial charge in [-0.05, 0) is 12.8 Å². The van der Waals surface area contributed by atoms with Gasteiger partial charge in [-0.1, -0.05) is 26.7 Å². The molecule has 2 unspecified atom stereocenters. The monoisotopic (exact) mass is 163 g/mol. The molecular weight excluding hydrogens is 146 g/mol. The summed E-state index contributed by atoms with van der Waals surface area (Å²) < 4.78 is 0. The molecule has 0 fully saturated rings. The second-order valence-corrected chi connectivity index (χ2v) is 3.29. The van der Waals surface area contributed by atoms with E-state index in [2.05, 4.69) is 13.8 Å². The van der Waals surface area contributed by atoms with E-state index >= 15 is 0 Å². The Labute approximate surface area is 68.9 Å². The summed E-state index contributed by atoms with van der Waals surface area (Å²) in [5, 5.41) is 0.173. The molecule has 0 aliphatic heterocycles. The fourth-order valence-corrected chi connectivity index (χ4v) is 1.05. The van der Waals surface area contributed by atoms with Crippen LogP contribution in [0, 0.1) is 0 Å². The smallest absolute Gasteiger partial charge is 0.0484 e. The maximum absolute atomic E-state index is 5.93. The largest absolute Gasteiger partial charge is 0.326 e. The van der Waals surface area contributed by atoms with Crippen LogP contribution in [-0.4, -0.2) is 11.4 Å². The number of hydrogen-bond acceptors (Lipinski definition) is 1. The van der Waals surface area contributed by atoms with Gasteiger partial charge in [0.1, 0.15) is 0 Å². The molecule has 0 aliphatic rings. The van der Waals surface area contributed by atoms with Gasteiger partial charge in [0.15, 0.2) is 0 Å². The molecule has 0 radical (unpaired) electrons. The van der Waals surface area contributed by atoms with Crippen molar-refractivity contribution >= 4 is 11.6 Å². The first-order chi connectivity index (χ1) is 4.72. The Balaban J connectivity index is 3.31. The quantitative estimate of drug-likeness (QED) is 0.620. The van der Waals surface area contributed by atoms with Crippen LogP contribution in [0.3, 0.4) is 0 Å². The van der Waals surface area contributed by atoms with Crippen LogP contribution in [0.1, 0.15) is 39.5 Å². The van der Waals surface area contributed by atoms with Crippen LogP contribution >= 0.6 is 11.6 Å². The lowest BCUT2D eigenvalue weighted by Gasteiger charge is -2.15. The zero-order valence-corrected chi connectivity index (χ0v) is 7.69. The molecule has 10 heavy (non-hydrogen) atoms. The number of halogens is 1. The van der Waals surface area contributed by atoms with E-state index in [9.17, 15) is 0 Å². The summed E-state index contributed by atoms with van der Waals surface area (Å²) in [6.45, 7) is 4.24. The molecule has 0 bridgehead atoms. The zero-order valence-electron chi connectivity index (χ0n) is 6.94. The lowest BCUT2D eigenvalue weighted by molar-refractivity contribution is 0.541. The predicted molar refractivity (Wildman–Crippen MR) is 47.4 cm³/mol. The van der Waals surface area contributed by atoms with Crippen molar-refractivity contribution < 1.29 is 0 Å². The third-order valence-corrected chi connectivity index (χ3v) is 2.38. The summed E-state index contributed by atoms with van der Waals surface area (Å²) in [7, 11) is 0. The average Bonchev–Trinajstić information content (AvgIpc) is 1.98. The van der Waals surface area contributed by atoms with Crippen molar-refractivity contribution in [3.63, 3.8) is 0 Å². The number of unbranched alkanes of at least 4 members (excludes halogenated alkanes) is 1. The van der Waals surface area contributed by atoms with Crippen LogP contribution in [0.4, 0.5) is 0 Å². The van der Waals surface area contributed by atoms with Crippen molar-refractivity contribution in [3.8, 4) is 0 Å². The summed E-state index contributed by atoms with van der Waals surface area (Å²) in [6.07, 6.45) is 4.45. The summed E-state index contributed by atoms with van der Waals surface area (Å²) in [5.41, 5.74) is 5.78. The van der Waals surface area contributed by atoms with Crippen molar-refractivity contribution in [1.82, 2.24) is 0 Å². The fraction of sp³-hybridized carbons (Fsp3) is 1.00. The number of alkyl halides is 1. The number of nitrogens with two attached hydrogens (primary N) is 1. The molecule has 0 spiro atoms. The van der Waals surface area contributed by atoms with Crippen LogP contribution in [0.5, 0.6) is 0 Å². The maximum Gasteiger partial charge on any atom is 0.0484 e. The van der Waals surface area contributed by atoms with Crippen LogP contribution in [0.25, 0.3) is 0 Å². The van der Waals surface area contributed by atoms with Crippen LogP contribution in [0.2, 0.25) is 0 Å². The highest BCUT2D eigenvalue weighted by Gasteiger charge is 2.10. The minimum atomic E-state index is 0.173. The van der Waals surface area contributed by atoms with Crippen molar-refractivity contribution in [3.05, 3.63) is 0 Å². The highest BCUT2D eigenvalue weighted by molar-refractivity contribution is 6.21. The third-order valence-electron chi connectivity index (χ3n) is 1.75. The summed E-state index contributed by atoms with van der Waals surface area (Å²) >= 11 is 5.93. The SMILES string of the molecule is CCCCC(N)C(Cl)CC. The second-order valence-electron chi connectivity index (χ2n) is 2.73. The highest BCUT2D eigenvalue weighted by atomic mass is 35.5. The van der Waals surface area contributed by atoms with Gasteiger partial charge in [0.25, 0.3) is 0 Å². The van der Waals surface area contributed by atoms with Gasteiger partial charge in [0.2, 0.25) is 0 Å². The lowest BCUT2D eigenvalue weighted by Crippen LogP contribution is -2.30. The first kappa shape index (κ1) is 10.2. The number of rotatable bonds is 5. The van der Waals surface area contributed by atoms with Crippen molar-refractivity contribution in [2.75, 3.05) is 0 Å². The fourth-order valence-electron chi connectivity index (χ4n) is 0.923. The van der Waals surface area contributed by atoms with E-state index in [0.717, 1.165) is 12.8 Å². The van der Waals surface area contributed by atoms with Gasteiger partial charge < -0.3 is 5.73 Å². The molecule has 0 aromatic carbocycles. The number of hydrogen-bond donors (Lipinski definition) is 1. The van der Waals surface area contributed by atoms with E-state index in [1.54, 1.807) is 0 Å². The van der Waals surface area contributed by atoms with E-state index in [1.807, 2.05) is 0 Å². The molecule has 0 amide bonds. The molecule has 0 heterocycles. The minimum Gasteiger partial charge on any atom is -0.326 e. The van der Waals surface area contributed by atoms with Gasteiger partial charge in [-0.2, -0.15) is 0 Å². The third kappa shape index (κ3) is 4.13. The highest BCUT2D eigenvalue weighted by Crippen LogP contribution is 2.10. The normalized spacial score (nSPS) is 16.8. The van der Waals surface area contributed by atoms with E-state index in [1.165, 1.54) is 12.8 Å². The molecule has 62 valence electrons. The molecule has 0 aromatic rings.